The molecule has 0 bridgehead atoms. The molecule has 0 rings (SSSR count). The summed E-state index contributed by atoms with van der Waals surface area (Å²) in [7, 11) is -1.33. The van der Waals surface area contributed by atoms with Crippen LogP contribution >= 0.6 is 0 Å². The predicted octanol–water partition coefficient (Wildman–Crippen LogP) is 2.10. The van der Waals surface area contributed by atoms with Gasteiger partial charge >= 0.3 is 0 Å². The zero-order valence-electron chi connectivity index (χ0n) is 8.89. The van der Waals surface area contributed by atoms with Gasteiger partial charge in [0.2, 0.25) is 0 Å². The molecule has 0 aliphatic rings. The molecule has 0 saturated carbocycles. The standard InChI is InChI=1S/C9H20N2Si/c1-6-11(7-2)9(8-10)12(3,4)5/h9H,6-7H2,1-5H3. The normalized spacial score (nSPS) is 14.4. The van der Waals surface area contributed by atoms with E-state index in [9.17, 15) is 0 Å². The van der Waals surface area contributed by atoms with E-state index in [1.807, 2.05) is 0 Å². The maximum absolute atomic E-state index is 9.04. The van der Waals surface area contributed by atoms with Crippen LogP contribution in [-0.4, -0.2) is 31.7 Å². The molecule has 3 heteroatoms. The van der Waals surface area contributed by atoms with Crippen LogP contribution in [0.2, 0.25) is 19.6 Å². The number of nitriles is 1. The summed E-state index contributed by atoms with van der Waals surface area (Å²) in [4.78, 5) is 2.26. The van der Waals surface area contributed by atoms with Crippen LogP contribution in [0, 0.1) is 11.3 Å². The zero-order chi connectivity index (χ0) is 9.78. The largest absolute Gasteiger partial charge is 0.291 e. The maximum Gasteiger partial charge on any atom is 0.0871 e. The fourth-order valence-electron chi connectivity index (χ4n) is 1.41. The Hall–Kier alpha value is -0.333. The monoisotopic (exact) mass is 184 g/mol. The van der Waals surface area contributed by atoms with Crippen LogP contribution in [0.4, 0.5) is 0 Å². The molecule has 0 spiro atoms. The van der Waals surface area contributed by atoms with Gasteiger partial charge in [0.1, 0.15) is 0 Å². The Morgan fingerprint density at radius 3 is 1.75 bits per heavy atom. The van der Waals surface area contributed by atoms with Crippen LogP contribution in [0.25, 0.3) is 0 Å². The van der Waals surface area contributed by atoms with E-state index in [2.05, 4.69) is 44.5 Å². The van der Waals surface area contributed by atoms with E-state index < -0.39 is 8.07 Å². The Kier molecular flexibility index (Phi) is 4.51. The number of rotatable bonds is 4. The van der Waals surface area contributed by atoms with Gasteiger partial charge in [0, 0.05) is 0 Å². The highest BCUT2D eigenvalue weighted by molar-refractivity contribution is 6.78. The molecule has 0 aromatic rings. The van der Waals surface area contributed by atoms with E-state index in [0.29, 0.717) is 0 Å². The van der Waals surface area contributed by atoms with Crippen LogP contribution < -0.4 is 0 Å². The molecule has 0 aliphatic carbocycles. The van der Waals surface area contributed by atoms with Crippen molar-refractivity contribution in [3.63, 3.8) is 0 Å². The second-order valence-corrected chi connectivity index (χ2v) is 9.40. The van der Waals surface area contributed by atoms with Crippen molar-refractivity contribution in [1.29, 1.82) is 5.26 Å². The Morgan fingerprint density at radius 2 is 1.67 bits per heavy atom. The maximum atomic E-state index is 9.04. The first kappa shape index (κ1) is 11.7. The third-order valence-corrected chi connectivity index (χ3v) is 4.25. The molecule has 0 aromatic carbocycles. The summed E-state index contributed by atoms with van der Waals surface area (Å²) in [6.07, 6.45) is 0. The van der Waals surface area contributed by atoms with Crippen LogP contribution in [0.15, 0.2) is 0 Å². The molecular formula is C9H20N2Si. The van der Waals surface area contributed by atoms with Crippen LogP contribution in [-0.2, 0) is 0 Å². The van der Waals surface area contributed by atoms with Crippen molar-refractivity contribution in [2.75, 3.05) is 13.1 Å². The van der Waals surface area contributed by atoms with E-state index in [1.165, 1.54) is 0 Å². The van der Waals surface area contributed by atoms with Crippen molar-refractivity contribution in [2.45, 2.75) is 39.2 Å². The zero-order valence-corrected chi connectivity index (χ0v) is 9.89. The molecule has 0 aromatic heterocycles. The molecule has 0 fully saturated rings. The van der Waals surface area contributed by atoms with Gasteiger partial charge in [-0.25, -0.2) is 0 Å². The van der Waals surface area contributed by atoms with Gasteiger partial charge in [-0.1, -0.05) is 33.5 Å². The van der Waals surface area contributed by atoms with Crippen LogP contribution in [0.5, 0.6) is 0 Å². The van der Waals surface area contributed by atoms with Crippen molar-refractivity contribution >= 4 is 8.07 Å². The fourth-order valence-corrected chi connectivity index (χ4v) is 3.26. The number of hydrogen-bond donors (Lipinski definition) is 0. The van der Waals surface area contributed by atoms with Crippen LogP contribution in [0.3, 0.4) is 0 Å². The lowest BCUT2D eigenvalue weighted by atomic mass is 10.5. The van der Waals surface area contributed by atoms with Crippen molar-refractivity contribution in [3.05, 3.63) is 0 Å². The summed E-state index contributed by atoms with van der Waals surface area (Å²) < 4.78 is 0. The minimum absolute atomic E-state index is 0.174. The first-order valence-corrected chi connectivity index (χ1v) is 8.18. The van der Waals surface area contributed by atoms with Gasteiger partial charge in [0.15, 0.2) is 0 Å². The average molecular weight is 184 g/mol. The molecule has 12 heavy (non-hydrogen) atoms. The van der Waals surface area contributed by atoms with E-state index in [-0.39, 0.29) is 5.67 Å². The Morgan fingerprint density at radius 1 is 1.25 bits per heavy atom. The molecule has 1 atom stereocenters. The van der Waals surface area contributed by atoms with Gasteiger partial charge in [0.25, 0.3) is 0 Å². The molecule has 70 valence electrons. The second kappa shape index (κ2) is 4.63. The van der Waals surface area contributed by atoms with Crippen molar-refractivity contribution in [3.8, 4) is 6.07 Å². The third kappa shape index (κ3) is 2.96. The predicted molar refractivity (Wildman–Crippen MR) is 55.7 cm³/mol. The fraction of sp³-hybridized carbons (Fsp3) is 0.889. The minimum Gasteiger partial charge on any atom is -0.291 e. The molecular weight excluding hydrogens is 164 g/mol. The first-order valence-electron chi connectivity index (χ1n) is 4.61. The third-order valence-electron chi connectivity index (χ3n) is 2.12. The van der Waals surface area contributed by atoms with Crippen molar-refractivity contribution in [2.24, 2.45) is 0 Å². The van der Waals surface area contributed by atoms with Crippen molar-refractivity contribution < 1.29 is 0 Å². The topological polar surface area (TPSA) is 27.0 Å². The summed E-state index contributed by atoms with van der Waals surface area (Å²) in [5.74, 6) is 0. The Bertz CT molecular complexity index is 162. The van der Waals surface area contributed by atoms with E-state index in [0.717, 1.165) is 13.1 Å². The molecule has 1 unspecified atom stereocenters. The summed E-state index contributed by atoms with van der Waals surface area (Å²) in [5, 5.41) is 9.04. The lowest BCUT2D eigenvalue weighted by molar-refractivity contribution is 0.307. The minimum atomic E-state index is -1.33. The molecule has 0 aliphatic heterocycles. The molecule has 0 saturated heterocycles. The summed E-state index contributed by atoms with van der Waals surface area (Å²) in [6, 6.07) is 2.43. The SMILES string of the molecule is CCN(CC)C(C#N)[Si](C)(C)C. The quantitative estimate of drug-likeness (QED) is 0.626. The lowest BCUT2D eigenvalue weighted by Crippen LogP contribution is -2.50. The number of nitrogens with zero attached hydrogens (tertiary/aromatic N) is 2. The molecule has 0 N–H and O–H groups in total. The van der Waals surface area contributed by atoms with E-state index >= 15 is 0 Å². The average Bonchev–Trinajstić information content (AvgIpc) is 1.97. The molecule has 0 radical (unpaired) electrons. The van der Waals surface area contributed by atoms with Gasteiger partial charge in [-0.15, -0.1) is 0 Å². The molecule has 0 amide bonds. The highest BCUT2D eigenvalue weighted by Crippen LogP contribution is 2.13. The van der Waals surface area contributed by atoms with Gasteiger partial charge in [-0.3, -0.25) is 4.90 Å². The van der Waals surface area contributed by atoms with E-state index in [4.69, 9.17) is 5.26 Å². The smallest absolute Gasteiger partial charge is 0.0871 e. The summed E-state index contributed by atoms with van der Waals surface area (Å²) >= 11 is 0. The Labute approximate surface area is 77.2 Å². The highest BCUT2D eigenvalue weighted by atomic mass is 28.3. The number of hydrogen-bond acceptors (Lipinski definition) is 2. The van der Waals surface area contributed by atoms with E-state index in [1.54, 1.807) is 0 Å². The second-order valence-electron chi connectivity index (χ2n) is 4.12. The Balaban J connectivity index is 4.45. The molecule has 0 heterocycles. The summed E-state index contributed by atoms with van der Waals surface area (Å²) in [5.41, 5.74) is 0.174. The lowest BCUT2D eigenvalue weighted by Gasteiger charge is -2.32. The highest BCUT2D eigenvalue weighted by Gasteiger charge is 2.30. The summed E-state index contributed by atoms with van der Waals surface area (Å²) in [6.45, 7) is 13.0. The van der Waals surface area contributed by atoms with Gasteiger partial charge in [0.05, 0.1) is 19.8 Å². The van der Waals surface area contributed by atoms with Gasteiger partial charge in [-0.05, 0) is 13.1 Å². The van der Waals surface area contributed by atoms with Gasteiger partial charge in [-0.2, -0.15) is 5.26 Å². The van der Waals surface area contributed by atoms with Crippen molar-refractivity contribution in [1.82, 2.24) is 4.90 Å². The molecule has 2 nitrogen and oxygen atoms in total. The first-order chi connectivity index (χ1) is 5.47. The van der Waals surface area contributed by atoms with Gasteiger partial charge < -0.3 is 0 Å². The van der Waals surface area contributed by atoms with Crippen LogP contribution in [0.1, 0.15) is 13.8 Å².